The van der Waals surface area contributed by atoms with Crippen molar-refractivity contribution >= 4 is 16.6 Å². The van der Waals surface area contributed by atoms with Gasteiger partial charge in [-0.05, 0) is 12.1 Å². The number of nitrogens with zero attached hydrogens (tertiary/aromatic N) is 2. The van der Waals surface area contributed by atoms with Crippen molar-refractivity contribution in [2.75, 3.05) is 12.4 Å². The number of hydrogen-bond acceptors (Lipinski definition) is 4. The molecule has 0 fully saturated rings. The summed E-state index contributed by atoms with van der Waals surface area (Å²) in [4.78, 5) is 11.4. The van der Waals surface area contributed by atoms with Crippen LogP contribution in [0.25, 0.3) is 10.8 Å². The van der Waals surface area contributed by atoms with Crippen molar-refractivity contribution in [3.8, 4) is 5.75 Å². The number of pyridine rings is 1. The highest BCUT2D eigenvalue weighted by atomic mass is 16.5. The van der Waals surface area contributed by atoms with E-state index in [0.29, 0.717) is 6.54 Å². The standard InChI is InChI=1S/C14H14N4O/c1-19-13-4-2-3-12-11(13)5-6-16-14(12)17-8-10-7-15-9-18-10/h2-7,9H,8H2,1H3,(H,15,18)(H,16,17). The lowest BCUT2D eigenvalue weighted by molar-refractivity contribution is 0.420. The molecule has 0 atom stereocenters. The van der Waals surface area contributed by atoms with Crippen LogP contribution >= 0.6 is 0 Å². The number of ether oxygens (including phenoxy) is 1. The van der Waals surface area contributed by atoms with E-state index in [1.165, 1.54) is 0 Å². The minimum atomic E-state index is 0.656. The van der Waals surface area contributed by atoms with Crippen molar-refractivity contribution in [3.63, 3.8) is 0 Å². The van der Waals surface area contributed by atoms with E-state index in [9.17, 15) is 0 Å². The molecule has 0 aliphatic carbocycles. The minimum Gasteiger partial charge on any atom is -0.496 e. The second-order valence-electron chi connectivity index (χ2n) is 4.15. The summed E-state index contributed by atoms with van der Waals surface area (Å²) in [5, 5.41) is 5.39. The molecule has 19 heavy (non-hydrogen) atoms. The molecule has 0 spiro atoms. The Labute approximate surface area is 110 Å². The van der Waals surface area contributed by atoms with Gasteiger partial charge in [0.05, 0.1) is 25.7 Å². The van der Waals surface area contributed by atoms with Gasteiger partial charge in [-0.3, -0.25) is 0 Å². The van der Waals surface area contributed by atoms with Gasteiger partial charge in [-0.1, -0.05) is 12.1 Å². The zero-order valence-electron chi connectivity index (χ0n) is 10.6. The molecule has 0 saturated carbocycles. The summed E-state index contributed by atoms with van der Waals surface area (Å²) in [5.41, 5.74) is 1.02. The maximum absolute atomic E-state index is 5.36. The zero-order valence-corrected chi connectivity index (χ0v) is 10.6. The van der Waals surface area contributed by atoms with Crippen LogP contribution < -0.4 is 10.1 Å². The van der Waals surface area contributed by atoms with Crippen molar-refractivity contribution in [1.82, 2.24) is 15.0 Å². The van der Waals surface area contributed by atoms with Crippen LogP contribution in [0.15, 0.2) is 43.0 Å². The predicted octanol–water partition coefficient (Wildman–Crippen LogP) is 2.58. The van der Waals surface area contributed by atoms with Crippen LogP contribution in [0, 0.1) is 0 Å². The molecule has 0 radical (unpaired) electrons. The lowest BCUT2D eigenvalue weighted by Gasteiger charge is -2.10. The molecule has 5 nitrogen and oxygen atoms in total. The highest BCUT2D eigenvalue weighted by Crippen LogP contribution is 2.29. The summed E-state index contributed by atoms with van der Waals surface area (Å²) in [6.45, 7) is 0.656. The SMILES string of the molecule is COc1cccc2c(NCc3cnc[nH]3)nccc12. The molecule has 0 aliphatic heterocycles. The van der Waals surface area contributed by atoms with E-state index in [1.54, 1.807) is 25.8 Å². The number of benzene rings is 1. The van der Waals surface area contributed by atoms with Crippen molar-refractivity contribution in [1.29, 1.82) is 0 Å². The van der Waals surface area contributed by atoms with Gasteiger partial charge < -0.3 is 15.0 Å². The normalized spacial score (nSPS) is 10.6. The monoisotopic (exact) mass is 254 g/mol. The molecular formula is C14H14N4O. The molecule has 1 aromatic carbocycles. The predicted molar refractivity (Wildman–Crippen MR) is 74.2 cm³/mol. The molecule has 0 amide bonds. The number of aromatic amines is 1. The second-order valence-corrected chi connectivity index (χ2v) is 4.15. The Bertz CT molecular complexity index is 679. The fourth-order valence-electron chi connectivity index (χ4n) is 2.06. The fourth-order valence-corrected chi connectivity index (χ4v) is 2.06. The quantitative estimate of drug-likeness (QED) is 0.751. The number of H-pyrrole nitrogens is 1. The molecule has 0 aliphatic rings. The van der Waals surface area contributed by atoms with Crippen LogP contribution in [0.5, 0.6) is 5.75 Å². The van der Waals surface area contributed by atoms with Crippen molar-refractivity contribution in [2.45, 2.75) is 6.54 Å². The van der Waals surface area contributed by atoms with Crippen LogP contribution in [0.3, 0.4) is 0 Å². The first kappa shape index (κ1) is 11.5. The van der Waals surface area contributed by atoms with Crippen LogP contribution in [0.1, 0.15) is 5.69 Å². The Hall–Kier alpha value is -2.56. The lowest BCUT2D eigenvalue weighted by Crippen LogP contribution is -2.02. The maximum Gasteiger partial charge on any atom is 0.134 e. The summed E-state index contributed by atoms with van der Waals surface area (Å²) in [7, 11) is 1.67. The number of hydrogen-bond donors (Lipinski definition) is 2. The van der Waals surface area contributed by atoms with E-state index in [2.05, 4.69) is 20.3 Å². The van der Waals surface area contributed by atoms with E-state index >= 15 is 0 Å². The lowest BCUT2D eigenvalue weighted by atomic mass is 10.1. The van der Waals surface area contributed by atoms with E-state index in [1.807, 2.05) is 24.3 Å². The van der Waals surface area contributed by atoms with Gasteiger partial charge in [0.1, 0.15) is 11.6 Å². The largest absolute Gasteiger partial charge is 0.496 e. The first-order chi connectivity index (χ1) is 9.38. The molecule has 3 aromatic rings. The molecule has 0 saturated heterocycles. The first-order valence-electron chi connectivity index (χ1n) is 6.01. The third-order valence-electron chi connectivity index (χ3n) is 2.99. The van der Waals surface area contributed by atoms with Gasteiger partial charge in [0, 0.05) is 23.2 Å². The Morgan fingerprint density at radius 1 is 1.26 bits per heavy atom. The molecule has 5 heteroatoms. The Morgan fingerprint density at radius 2 is 2.21 bits per heavy atom. The Balaban J connectivity index is 1.95. The third-order valence-corrected chi connectivity index (χ3v) is 2.99. The molecule has 96 valence electrons. The number of rotatable bonds is 4. The minimum absolute atomic E-state index is 0.656. The van der Waals surface area contributed by atoms with Gasteiger partial charge in [0.15, 0.2) is 0 Å². The smallest absolute Gasteiger partial charge is 0.134 e. The second kappa shape index (κ2) is 4.97. The van der Waals surface area contributed by atoms with E-state index in [-0.39, 0.29) is 0 Å². The van der Waals surface area contributed by atoms with Gasteiger partial charge in [-0.2, -0.15) is 0 Å². The highest BCUT2D eigenvalue weighted by molar-refractivity contribution is 5.95. The summed E-state index contributed by atoms with van der Waals surface area (Å²) >= 11 is 0. The summed E-state index contributed by atoms with van der Waals surface area (Å²) in [5.74, 6) is 1.69. The van der Waals surface area contributed by atoms with Crippen molar-refractivity contribution in [2.24, 2.45) is 0 Å². The summed E-state index contributed by atoms with van der Waals surface area (Å²) < 4.78 is 5.36. The molecule has 2 N–H and O–H groups in total. The molecule has 0 unspecified atom stereocenters. The topological polar surface area (TPSA) is 62.8 Å². The molecular weight excluding hydrogens is 240 g/mol. The number of anilines is 1. The number of aromatic nitrogens is 3. The fraction of sp³-hybridized carbons (Fsp3) is 0.143. The molecule has 2 aromatic heterocycles. The number of nitrogens with one attached hydrogen (secondary N) is 2. The van der Waals surface area contributed by atoms with Gasteiger partial charge in [-0.25, -0.2) is 9.97 Å². The van der Waals surface area contributed by atoms with Gasteiger partial charge in [0.2, 0.25) is 0 Å². The van der Waals surface area contributed by atoms with Crippen molar-refractivity contribution in [3.05, 3.63) is 48.7 Å². The van der Waals surface area contributed by atoms with Gasteiger partial charge in [0.25, 0.3) is 0 Å². The Kier molecular flexibility index (Phi) is 3.02. The number of methoxy groups -OCH3 is 1. The Morgan fingerprint density at radius 3 is 3.00 bits per heavy atom. The van der Waals surface area contributed by atoms with Crippen LogP contribution in [0.4, 0.5) is 5.82 Å². The van der Waals surface area contributed by atoms with Crippen molar-refractivity contribution < 1.29 is 4.74 Å². The summed E-state index contributed by atoms with van der Waals surface area (Å²) in [6.07, 6.45) is 5.23. The maximum atomic E-state index is 5.36. The van der Waals surface area contributed by atoms with E-state index in [4.69, 9.17) is 4.74 Å². The number of imidazole rings is 1. The molecule has 0 bridgehead atoms. The average molecular weight is 254 g/mol. The van der Waals surface area contributed by atoms with Crippen LogP contribution in [0.2, 0.25) is 0 Å². The van der Waals surface area contributed by atoms with Crippen LogP contribution in [-0.2, 0) is 6.54 Å². The van der Waals surface area contributed by atoms with Gasteiger partial charge >= 0.3 is 0 Å². The molecule has 3 rings (SSSR count). The molecule has 2 heterocycles. The van der Waals surface area contributed by atoms with E-state index < -0.39 is 0 Å². The van der Waals surface area contributed by atoms with Gasteiger partial charge in [-0.15, -0.1) is 0 Å². The summed E-state index contributed by atoms with van der Waals surface area (Å²) in [6, 6.07) is 7.89. The third kappa shape index (κ3) is 2.22. The zero-order chi connectivity index (χ0) is 13.1. The first-order valence-corrected chi connectivity index (χ1v) is 6.01. The highest BCUT2D eigenvalue weighted by Gasteiger charge is 2.06. The van der Waals surface area contributed by atoms with E-state index in [0.717, 1.165) is 28.0 Å². The number of fused-ring (bicyclic) bond motifs is 1. The average Bonchev–Trinajstić information content (AvgIpc) is 2.97. The van der Waals surface area contributed by atoms with Crippen LogP contribution in [-0.4, -0.2) is 22.1 Å².